The monoisotopic (exact) mass is 381 g/mol. The molecule has 1 atom stereocenters. The van der Waals surface area contributed by atoms with Crippen LogP contribution in [0, 0.1) is 6.92 Å². The van der Waals surface area contributed by atoms with Crippen LogP contribution in [0.3, 0.4) is 0 Å². The minimum Gasteiger partial charge on any atom is -0.496 e. The number of carbonyl (C=O) groups excluding carboxylic acids is 2. The summed E-state index contributed by atoms with van der Waals surface area (Å²) in [5.41, 5.74) is 0.412. The van der Waals surface area contributed by atoms with Gasteiger partial charge in [0.2, 0.25) is 5.91 Å². The second kappa shape index (κ2) is 7.28. The molecule has 0 aliphatic heterocycles. The maximum atomic E-state index is 12.2. The number of aryl methyl sites for hydroxylation is 1. The predicted octanol–water partition coefficient (Wildman–Crippen LogP) is 2.51. The zero-order valence-electron chi connectivity index (χ0n) is 12.8. The molecular formula is C15H16BrN3O4. The Balaban J connectivity index is 1.98. The summed E-state index contributed by atoms with van der Waals surface area (Å²) >= 11 is 3.31. The summed E-state index contributed by atoms with van der Waals surface area (Å²) in [6.07, 6.45) is 0. The van der Waals surface area contributed by atoms with Crippen molar-refractivity contribution in [1.29, 1.82) is 0 Å². The first kappa shape index (κ1) is 17.0. The number of ether oxygens (including phenoxy) is 1. The standard InChI is InChI=1S/C15H16BrN3O4/c1-8-6-13(19-23-8)18-14(20)9(2)17-15(21)10-4-5-12(22-3)11(16)7-10/h4-7,9H,1-3H3,(H,17,21)(H,18,19,20). The number of hydrogen-bond acceptors (Lipinski definition) is 5. The second-order valence-electron chi connectivity index (χ2n) is 4.86. The SMILES string of the molecule is COc1ccc(C(=O)NC(C)C(=O)Nc2cc(C)on2)cc1Br. The summed E-state index contributed by atoms with van der Waals surface area (Å²) in [7, 11) is 1.54. The van der Waals surface area contributed by atoms with Crippen LogP contribution in [0.25, 0.3) is 0 Å². The van der Waals surface area contributed by atoms with Crippen molar-refractivity contribution in [2.24, 2.45) is 0 Å². The number of nitrogens with one attached hydrogen (secondary N) is 2. The van der Waals surface area contributed by atoms with Crippen molar-refractivity contribution in [3.8, 4) is 5.75 Å². The number of nitrogens with zero attached hydrogens (tertiary/aromatic N) is 1. The van der Waals surface area contributed by atoms with Crippen molar-refractivity contribution in [1.82, 2.24) is 10.5 Å². The number of amides is 2. The highest BCUT2D eigenvalue weighted by molar-refractivity contribution is 9.10. The fraction of sp³-hybridized carbons (Fsp3) is 0.267. The maximum Gasteiger partial charge on any atom is 0.251 e. The van der Waals surface area contributed by atoms with Crippen LogP contribution in [0.15, 0.2) is 33.3 Å². The van der Waals surface area contributed by atoms with Gasteiger partial charge in [-0.1, -0.05) is 5.16 Å². The highest BCUT2D eigenvalue weighted by Gasteiger charge is 2.18. The molecule has 1 aromatic carbocycles. The summed E-state index contributed by atoms with van der Waals surface area (Å²) in [5.74, 6) is 0.751. The van der Waals surface area contributed by atoms with Gasteiger partial charge in [-0.25, -0.2) is 0 Å². The first-order chi connectivity index (χ1) is 10.9. The van der Waals surface area contributed by atoms with Gasteiger partial charge in [-0.3, -0.25) is 9.59 Å². The Morgan fingerprint density at radius 2 is 2.09 bits per heavy atom. The van der Waals surface area contributed by atoms with Crippen molar-refractivity contribution >= 4 is 33.6 Å². The lowest BCUT2D eigenvalue weighted by Crippen LogP contribution is -2.41. The molecule has 1 aromatic heterocycles. The van der Waals surface area contributed by atoms with Gasteiger partial charge in [0.05, 0.1) is 11.6 Å². The largest absolute Gasteiger partial charge is 0.496 e. The zero-order chi connectivity index (χ0) is 17.0. The fourth-order valence-electron chi connectivity index (χ4n) is 1.81. The van der Waals surface area contributed by atoms with E-state index >= 15 is 0 Å². The Morgan fingerprint density at radius 1 is 1.35 bits per heavy atom. The maximum absolute atomic E-state index is 12.2. The number of carbonyl (C=O) groups is 2. The lowest BCUT2D eigenvalue weighted by Gasteiger charge is -2.13. The Hall–Kier alpha value is -2.35. The number of anilines is 1. The lowest BCUT2D eigenvalue weighted by atomic mass is 10.2. The van der Waals surface area contributed by atoms with Crippen LogP contribution < -0.4 is 15.4 Å². The molecule has 0 saturated heterocycles. The summed E-state index contributed by atoms with van der Waals surface area (Å²) in [5, 5.41) is 8.84. The van der Waals surface area contributed by atoms with Gasteiger partial charge in [-0.2, -0.15) is 0 Å². The summed E-state index contributed by atoms with van der Waals surface area (Å²) in [6, 6.07) is 5.76. The van der Waals surface area contributed by atoms with Gasteiger partial charge in [0.15, 0.2) is 5.82 Å². The first-order valence-corrected chi connectivity index (χ1v) is 7.58. The molecule has 2 rings (SSSR count). The molecule has 1 unspecified atom stereocenters. The number of aromatic nitrogens is 1. The summed E-state index contributed by atoms with van der Waals surface area (Å²) < 4.78 is 10.6. The van der Waals surface area contributed by atoms with Crippen molar-refractivity contribution in [3.63, 3.8) is 0 Å². The second-order valence-corrected chi connectivity index (χ2v) is 5.71. The highest BCUT2D eigenvalue weighted by atomic mass is 79.9. The molecule has 0 spiro atoms. The molecule has 0 fully saturated rings. The van der Waals surface area contributed by atoms with E-state index in [1.807, 2.05) is 0 Å². The third-order valence-electron chi connectivity index (χ3n) is 3.03. The van der Waals surface area contributed by atoms with E-state index in [1.54, 1.807) is 38.1 Å². The third-order valence-corrected chi connectivity index (χ3v) is 3.65. The number of methoxy groups -OCH3 is 1. The third kappa shape index (κ3) is 4.32. The Bertz CT molecular complexity index is 729. The van der Waals surface area contributed by atoms with Gasteiger partial charge < -0.3 is 19.9 Å². The van der Waals surface area contributed by atoms with Crippen LogP contribution in [-0.4, -0.2) is 30.1 Å². The van der Waals surface area contributed by atoms with Gasteiger partial charge in [0, 0.05) is 11.6 Å². The molecule has 0 aliphatic rings. The van der Waals surface area contributed by atoms with Gasteiger partial charge in [0.1, 0.15) is 17.6 Å². The smallest absolute Gasteiger partial charge is 0.251 e. The highest BCUT2D eigenvalue weighted by Crippen LogP contribution is 2.25. The fourth-order valence-corrected chi connectivity index (χ4v) is 2.35. The Morgan fingerprint density at radius 3 is 2.65 bits per heavy atom. The molecule has 122 valence electrons. The van der Waals surface area contributed by atoms with Crippen LogP contribution in [0.1, 0.15) is 23.0 Å². The number of rotatable bonds is 5. The molecule has 0 radical (unpaired) electrons. The van der Waals surface area contributed by atoms with Crippen LogP contribution in [0.5, 0.6) is 5.75 Å². The average Bonchev–Trinajstić information content (AvgIpc) is 2.92. The van der Waals surface area contributed by atoms with Crippen LogP contribution in [-0.2, 0) is 4.79 Å². The van der Waals surface area contributed by atoms with E-state index in [4.69, 9.17) is 9.26 Å². The molecule has 2 N–H and O–H groups in total. The van der Waals surface area contributed by atoms with Crippen LogP contribution >= 0.6 is 15.9 Å². The molecule has 0 aliphatic carbocycles. The van der Waals surface area contributed by atoms with Crippen molar-refractivity contribution in [2.45, 2.75) is 19.9 Å². The van der Waals surface area contributed by atoms with E-state index in [0.29, 0.717) is 27.4 Å². The number of hydrogen-bond donors (Lipinski definition) is 2. The van der Waals surface area contributed by atoms with E-state index in [-0.39, 0.29) is 11.8 Å². The zero-order valence-corrected chi connectivity index (χ0v) is 14.4. The van der Waals surface area contributed by atoms with E-state index < -0.39 is 6.04 Å². The topological polar surface area (TPSA) is 93.5 Å². The van der Waals surface area contributed by atoms with Crippen LogP contribution in [0.4, 0.5) is 5.82 Å². The molecule has 1 heterocycles. The Labute approximate surface area is 141 Å². The van der Waals surface area contributed by atoms with Gasteiger partial charge >= 0.3 is 0 Å². The van der Waals surface area contributed by atoms with E-state index in [9.17, 15) is 9.59 Å². The number of benzene rings is 1. The molecule has 0 saturated carbocycles. The van der Waals surface area contributed by atoms with E-state index in [0.717, 1.165) is 0 Å². The molecule has 8 heteroatoms. The summed E-state index contributed by atoms with van der Waals surface area (Å²) in [6.45, 7) is 3.30. The van der Waals surface area contributed by atoms with Crippen molar-refractivity contribution < 1.29 is 18.8 Å². The predicted molar refractivity (Wildman–Crippen MR) is 87.5 cm³/mol. The molecule has 0 bridgehead atoms. The Kier molecular flexibility index (Phi) is 5.38. The first-order valence-electron chi connectivity index (χ1n) is 6.79. The normalized spacial score (nSPS) is 11.7. The molecule has 7 nitrogen and oxygen atoms in total. The van der Waals surface area contributed by atoms with Crippen LogP contribution in [0.2, 0.25) is 0 Å². The minimum absolute atomic E-state index is 0.306. The van der Waals surface area contributed by atoms with Gasteiger partial charge in [-0.05, 0) is 48.0 Å². The molecule has 2 aromatic rings. The summed E-state index contributed by atoms with van der Waals surface area (Å²) in [4.78, 5) is 24.2. The molecule has 2 amide bonds. The lowest BCUT2D eigenvalue weighted by molar-refractivity contribution is -0.117. The van der Waals surface area contributed by atoms with Crippen molar-refractivity contribution in [2.75, 3.05) is 12.4 Å². The van der Waals surface area contributed by atoms with E-state index in [2.05, 4.69) is 31.7 Å². The molecular weight excluding hydrogens is 366 g/mol. The van der Waals surface area contributed by atoms with Crippen molar-refractivity contribution in [3.05, 3.63) is 40.1 Å². The average molecular weight is 382 g/mol. The van der Waals surface area contributed by atoms with Gasteiger partial charge in [0.25, 0.3) is 5.91 Å². The quantitative estimate of drug-likeness (QED) is 0.829. The number of halogens is 1. The molecule has 23 heavy (non-hydrogen) atoms. The van der Waals surface area contributed by atoms with Gasteiger partial charge in [-0.15, -0.1) is 0 Å². The minimum atomic E-state index is -0.736. The van der Waals surface area contributed by atoms with E-state index in [1.165, 1.54) is 7.11 Å².